The third-order valence-electron chi connectivity index (χ3n) is 2.08. The molecule has 0 aliphatic heterocycles. The molecule has 1 atom stereocenters. The van der Waals surface area contributed by atoms with Gasteiger partial charge in [0.05, 0.1) is 10.5 Å². The van der Waals surface area contributed by atoms with Crippen molar-refractivity contribution in [2.45, 2.75) is 38.9 Å². The lowest BCUT2D eigenvalue weighted by Crippen LogP contribution is -2.31. The van der Waals surface area contributed by atoms with Crippen molar-refractivity contribution in [3.8, 4) is 0 Å². The number of halogens is 1. The van der Waals surface area contributed by atoms with E-state index in [1.165, 1.54) is 0 Å². The molecule has 0 spiro atoms. The molecule has 0 amide bonds. The van der Waals surface area contributed by atoms with Crippen LogP contribution >= 0.6 is 11.6 Å². The highest BCUT2D eigenvalue weighted by Gasteiger charge is 2.28. The van der Waals surface area contributed by atoms with Gasteiger partial charge in [0.2, 0.25) is 0 Å². The van der Waals surface area contributed by atoms with Gasteiger partial charge in [-0.1, -0.05) is 6.92 Å². The molecular formula is C9H19ClO2S. The van der Waals surface area contributed by atoms with E-state index >= 15 is 0 Å². The van der Waals surface area contributed by atoms with Crippen LogP contribution in [-0.4, -0.2) is 24.8 Å². The summed E-state index contributed by atoms with van der Waals surface area (Å²) in [7, 11) is -2.96. The van der Waals surface area contributed by atoms with Gasteiger partial charge in [-0.25, -0.2) is 8.42 Å². The lowest BCUT2D eigenvalue weighted by atomic mass is 10.2. The Morgan fingerprint density at radius 3 is 2.08 bits per heavy atom. The average molecular weight is 227 g/mol. The Balaban J connectivity index is 4.22. The fourth-order valence-electron chi connectivity index (χ4n) is 0.740. The van der Waals surface area contributed by atoms with E-state index in [4.69, 9.17) is 11.6 Å². The van der Waals surface area contributed by atoms with Crippen LogP contribution in [0.2, 0.25) is 0 Å². The number of rotatable bonds is 4. The molecule has 0 aliphatic carbocycles. The summed E-state index contributed by atoms with van der Waals surface area (Å²) in [4.78, 5) is 0. The maximum atomic E-state index is 11.6. The molecule has 0 bridgehead atoms. The normalized spacial score (nSPS) is 15.8. The second-order valence-corrected chi connectivity index (χ2v) is 7.65. The molecular weight excluding hydrogens is 208 g/mol. The van der Waals surface area contributed by atoms with E-state index in [2.05, 4.69) is 0 Å². The molecule has 0 aromatic rings. The molecule has 13 heavy (non-hydrogen) atoms. The molecule has 0 heterocycles. The van der Waals surface area contributed by atoms with Crippen molar-refractivity contribution in [2.24, 2.45) is 5.92 Å². The lowest BCUT2D eigenvalue weighted by molar-refractivity contribution is 0.545. The third kappa shape index (κ3) is 4.32. The molecule has 2 nitrogen and oxygen atoms in total. The van der Waals surface area contributed by atoms with E-state index in [1.54, 1.807) is 20.8 Å². The first kappa shape index (κ1) is 13.2. The number of sulfone groups is 1. The van der Waals surface area contributed by atoms with Crippen molar-refractivity contribution in [2.75, 3.05) is 11.6 Å². The Morgan fingerprint density at radius 2 is 1.77 bits per heavy atom. The second-order valence-electron chi connectivity index (χ2n) is 4.48. The molecule has 0 aromatic heterocycles. The highest BCUT2D eigenvalue weighted by molar-refractivity contribution is 7.92. The van der Waals surface area contributed by atoms with E-state index < -0.39 is 14.6 Å². The Hall–Kier alpha value is 0.240. The fourth-order valence-corrected chi connectivity index (χ4v) is 2.22. The first-order valence-electron chi connectivity index (χ1n) is 4.49. The minimum absolute atomic E-state index is 0.240. The van der Waals surface area contributed by atoms with Crippen LogP contribution in [0.15, 0.2) is 0 Å². The molecule has 0 aliphatic rings. The fraction of sp³-hybridized carbons (Fsp3) is 1.00. The van der Waals surface area contributed by atoms with E-state index in [0.29, 0.717) is 12.3 Å². The zero-order valence-corrected chi connectivity index (χ0v) is 10.4. The largest absolute Gasteiger partial charge is 0.228 e. The average Bonchev–Trinajstić information content (AvgIpc) is 1.98. The number of hydrogen-bond donors (Lipinski definition) is 0. The molecule has 0 fully saturated rings. The smallest absolute Gasteiger partial charge is 0.155 e. The SMILES string of the molecule is CC(CCl)CCS(=O)(=O)C(C)(C)C. The van der Waals surface area contributed by atoms with Gasteiger partial charge in [-0.05, 0) is 33.1 Å². The Kier molecular flexibility index (Phi) is 4.73. The minimum atomic E-state index is -2.96. The summed E-state index contributed by atoms with van der Waals surface area (Å²) in [5, 5.41) is 0. The van der Waals surface area contributed by atoms with Crippen molar-refractivity contribution in [3.63, 3.8) is 0 Å². The summed E-state index contributed by atoms with van der Waals surface area (Å²) in [5.41, 5.74) is 0. The maximum Gasteiger partial charge on any atom is 0.155 e. The van der Waals surface area contributed by atoms with Gasteiger partial charge in [-0.15, -0.1) is 11.6 Å². The van der Waals surface area contributed by atoms with Crippen LogP contribution in [0.3, 0.4) is 0 Å². The van der Waals surface area contributed by atoms with Crippen molar-refractivity contribution >= 4 is 21.4 Å². The molecule has 0 aromatic carbocycles. The highest BCUT2D eigenvalue weighted by atomic mass is 35.5. The van der Waals surface area contributed by atoms with E-state index in [-0.39, 0.29) is 11.7 Å². The molecule has 80 valence electrons. The Labute approximate surface area is 86.6 Å². The summed E-state index contributed by atoms with van der Waals surface area (Å²) in [6.45, 7) is 7.15. The summed E-state index contributed by atoms with van der Waals surface area (Å²) >= 11 is 5.60. The summed E-state index contributed by atoms with van der Waals surface area (Å²) < 4.78 is 22.6. The van der Waals surface area contributed by atoms with E-state index in [1.807, 2.05) is 6.92 Å². The molecule has 0 N–H and O–H groups in total. The van der Waals surface area contributed by atoms with Crippen LogP contribution in [-0.2, 0) is 9.84 Å². The molecule has 0 saturated carbocycles. The molecule has 0 saturated heterocycles. The highest BCUT2D eigenvalue weighted by Crippen LogP contribution is 2.18. The first-order valence-corrected chi connectivity index (χ1v) is 6.67. The van der Waals surface area contributed by atoms with Crippen LogP contribution in [0, 0.1) is 5.92 Å². The monoisotopic (exact) mass is 226 g/mol. The quantitative estimate of drug-likeness (QED) is 0.691. The van der Waals surface area contributed by atoms with Gasteiger partial charge in [0, 0.05) is 5.88 Å². The Bertz CT molecular complexity index is 239. The standard InChI is InChI=1S/C9H19ClO2S/c1-8(7-10)5-6-13(11,12)9(2,3)4/h8H,5-7H2,1-4H3. The van der Waals surface area contributed by atoms with Gasteiger partial charge in [0.15, 0.2) is 9.84 Å². The van der Waals surface area contributed by atoms with Crippen LogP contribution in [0.4, 0.5) is 0 Å². The zero-order valence-electron chi connectivity index (χ0n) is 8.80. The van der Waals surface area contributed by atoms with Gasteiger partial charge < -0.3 is 0 Å². The zero-order chi connectivity index (χ0) is 10.7. The van der Waals surface area contributed by atoms with Crippen molar-refractivity contribution in [1.82, 2.24) is 0 Å². The second kappa shape index (κ2) is 4.65. The van der Waals surface area contributed by atoms with Gasteiger partial charge >= 0.3 is 0 Å². The number of hydrogen-bond acceptors (Lipinski definition) is 2. The summed E-state index contributed by atoms with van der Waals surface area (Å²) in [6.07, 6.45) is 0.656. The molecule has 0 radical (unpaired) electrons. The number of alkyl halides is 1. The van der Waals surface area contributed by atoms with Gasteiger partial charge in [-0.2, -0.15) is 0 Å². The maximum absolute atomic E-state index is 11.6. The van der Waals surface area contributed by atoms with Gasteiger partial charge in [0.25, 0.3) is 0 Å². The van der Waals surface area contributed by atoms with E-state index in [9.17, 15) is 8.42 Å². The summed E-state index contributed by atoms with van der Waals surface area (Å²) in [5.74, 6) is 1.04. The minimum Gasteiger partial charge on any atom is -0.228 e. The van der Waals surface area contributed by atoms with Gasteiger partial charge in [-0.3, -0.25) is 0 Å². The van der Waals surface area contributed by atoms with Crippen LogP contribution in [0.5, 0.6) is 0 Å². The molecule has 0 rings (SSSR count). The lowest BCUT2D eigenvalue weighted by Gasteiger charge is -2.19. The molecule has 4 heteroatoms. The van der Waals surface area contributed by atoms with Gasteiger partial charge in [0.1, 0.15) is 0 Å². The summed E-state index contributed by atoms with van der Waals surface area (Å²) in [6, 6.07) is 0. The third-order valence-corrected chi connectivity index (χ3v) is 5.24. The predicted octanol–water partition coefficient (Wildman–Crippen LogP) is 2.46. The van der Waals surface area contributed by atoms with Crippen molar-refractivity contribution in [1.29, 1.82) is 0 Å². The molecule has 1 unspecified atom stereocenters. The van der Waals surface area contributed by atoms with Crippen LogP contribution in [0.1, 0.15) is 34.1 Å². The Morgan fingerprint density at radius 1 is 1.31 bits per heavy atom. The van der Waals surface area contributed by atoms with Crippen molar-refractivity contribution < 1.29 is 8.42 Å². The van der Waals surface area contributed by atoms with Crippen LogP contribution < -0.4 is 0 Å². The first-order chi connectivity index (χ1) is 5.70. The van der Waals surface area contributed by atoms with E-state index in [0.717, 1.165) is 0 Å². The van der Waals surface area contributed by atoms with Crippen LogP contribution in [0.25, 0.3) is 0 Å². The topological polar surface area (TPSA) is 34.1 Å². The van der Waals surface area contributed by atoms with Crippen molar-refractivity contribution in [3.05, 3.63) is 0 Å². The predicted molar refractivity (Wildman–Crippen MR) is 58.0 cm³/mol.